The van der Waals surface area contributed by atoms with Crippen molar-refractivity contribution in [3.63, 3.8) is 0 Å². The molecular formula is C44H72Cl2P2. The fourth-order valence-corrected chi connectivity index (χ4v) is 42.8. The van der Waals surface area contributed by atoms with Crippen molar-refractivity contribution in [2.24, 2.45) is 0 Å². The molecule has 6 saturated carbocycles. The zero-order valence-corrected chi connectivity index (χ0v) is 34.1. The summed E-state index contributed by atoms with van der Waals surface area (Å²) in [5, 5.41) is 1.93. The molecule has 0 aliphatic heterocycles. The summed E-state index contributed by atoms with van der Waals surface area (Å²) >= 11 is 19.8. The Labute approximate surface area is 306 Å². The molecule has 6 aliphatic carbocycles. The topological polar surface area (TPSA) is 0 Å². The van der Waals surface area contributed by atoms with Crippen molar-refractivity contribution in [2.45, 2.75) is 227 Å². The van der Waals surface area contributed by atoms with E-state index in [0.29, 0.717) is 34.0 Å². The Morgan fingerprint density at radius 2 is 0.604 bits per heavy atom. The monoisotopic (exact) mass is 732 g/mol. The van der Waals surface area contributed by atoms with E-state index in [1.165, 1.54) is 198 Å². The summed E-state index contributed by atoms with van der Waals surface area (Å²) < 4.78 is 0. The van der Waals surface area contributed by atoms with E-state index in [0.717, 1.165) is 0 Å². The van der Waals surface area contributed by atoms with E-state index in [9.17, 15) is 22.5 Å². The number of halogens is 2. The van der Waals surface area contributed by atoms with E-state index in [2.05, 4.69) is 36.4 Å². The van der Waals surface area contributed by atoms with Gasteiger partial charge in [0.15, 0.2) is 0 Å². The van der Waals surface area contributed by atoms with Crippen LogP contribution in [0, 0.1) is 0 Å². The zero-order valence-electron chi connectivity index (χ0n) is 30.8. The van der Waals surface area contributed by atoms with Crippen molar-refractivity contribution >= 4 is 40.5 Å². The zero-order chi connectivity index (χ0) is 33.0. The van der Waals surface area contributed by atoms with Gasteiger partial charge in [-0.3, -0.25) is 0 Å². The number of rotatable bonds is 9. The molecule has 0 saturated heterocycles. The molecule has 0 bridgehead atoms. The first-order chi connectivity index (χ1) is 23.5. The second-order valence-electron chi connectivity index (χ2n) is 18.1. The van der Waals surface area contributed by atoms with Crippen molar-refractivity contribution in [2.75, 3.05) is 0 Å². The Morgan fingerprint density at radius 1 is 0.375 bits per heavy atom. The van der Waals surface area contributed by atoms with E-state index < -0.39 is 11.9 Å². The average molecular weight is 734 g/mol. The van der Waals surface area contributed by atoms with Crippen LogP contribution < -0.4 is 0 Å². The summed E-state index contributed by atoms with van der Waals surface area (Å²) in [5.41, 5.74) is 5.63. The molecule has 48 heavy (non-hydrogen) atoms. The van der Waals surface area contributed by atoms with Gasteiger partial charge in [0.25, 0.3) is 0 Å². The molecule has 4 heteroatoms. The maximum absolute atomic E-state index is 9.89. The number of hydrogen-bond acceptors (Lipinski definition) is 0. The predicted molar refractivity (Wildman–Crippen MR) is 221 cm³/mol. The van der Waals surface area contributed by atoms with Gasteiger partial charge in [0.2, 0.25) is 0 Å². The second kappa shape index (κ2) is 15.8. The Kier molecular flexibility index (Phi) is 12.1. The van der Waals surface area contributed by atoms with Crippen LogP contribution in [0.5, 0.6) is 0 Å². The van der Waals surface area contributed by atoms with Crippen molar-refractivity contribution in [3.8, 4) is 0 Å². The van der Waals surface area contributed by atoms with Crippen molar-refractivity contribution in [3.05, 3.63) is 41.0 Å². The molecule has 0 amide bonds. The van der Waals surface area contributed by atoms with Crippen LogP contribution in [0.4, 0.5) is 0 Å². The first-order valence-electron chi connectivity index (χ1n) is 21.7. The van der Waals surface area contributed by atoms with E-state index in [-0.39, 0.29) is 0 Å². The fourth-order valence-electron chi connectivity index (χ4n) is 14.0. The van der Waals surface area contributed by atoms with Gasteiger partial charge in [-0.25, -0.2) is 0 Å². The van der Waals surface area contributed by atoms with Crippen LogP contribution in [0.3, 0.4) is 0 Å². The SMILES string of the molecule is ClP(C(=Cc1ccccc1)P(Cl)(C1CCCCC1)(C1CCCCC1)C1CCCCC1)(C1CCCCC1)(C1CCCCC1)C1CCCCC1. The van der Waals surface area contributed by atoms with Crippen molar-refractivity contribution < 1.29 is 0 Å². The quantitative estimate of drug-likeness (QED) is 0.222. The van der Waals surface area contributed by atoms with E-state index in [1.807, 2.05) is 5.06 Å². The molecule has 0 unspecified atom stereocenters. The van der Waals surface area contributed by atoms with Gasteiger partial charge in [0, 0.05) is 0 Å². The predicted octanol–water partition coefficient (Wildman–Crippen LogP) is 16.4. The molecule has 0 spiro atoms. The summed E-state index contributed by atoms with van der Waals surface area (Å²) in [6, 6.07) is 11.8. The number of hydrogen-bond donors (Lipinski definition) is 0. The molecule has 0 atom stereocenters. The first kappa shape index (κ1) is 36.7. The van der Waals surface area contributed by atoms with Crippen LogP contribution in [0.15, 0.2) is 35.4 Å². The van der Waals surface area contributed by atoms with Crippen molar-refractivity contribution in [1.82, 2.24) is 0 Å². The van der Waals surface area contributed by atoms with Gasteiger partial charge < -0.3 is 0 Å². The van der Waals surface area contributed by atoms with Crippen LogP contribution in [-0.4, -0.2) is 34.0 Å². The summed E-state index contributed by atoms with van der Waals surface area (Å²) in [4.78, 5) is 0. The Balaban J connectivity index is 1.63. The van der Waals surface area contributed by atoms with Crippen LogP contribution in [0.2, 0.25) is 0 Å². The first-order valence-corrected chi connectivity index (χ1v) is 28.4. The van der Waals surface area contributed by atoms with Crippen LogP contribution in [0.1, 0.15) is 198 Å². The second-order valence-corrected chi connectivity index (χ2v) is 33.2. The van der Waals surface area contributed by atoms with Gasteiger partial charge in [0.05, 0.1) is 0 Å². The normalized spacial score (nSPS) is 27.8. The van der Waals surface area contributed by atoms with Gasteiger partial charge >= 0.3 is 308 Å². The summed E-state index contributed by atoms with van der Waals surface area (Å²) in [7, 11) is 0. The molecule has 1 aromatic rings. The van der Waals surface area contributed by atoms with Gasteiger partial charge in [-0.05, 0) is 0 Å². The molecule has 6 aliphatic rings. The minimum atomic E-state index is -3.16. The Bertz CT molecular complexity index is 1020. The van der Waals surface area contributed by atoms with E-state index >= 15 is 0 Å². The molecule has 0 N–H and O–H groups in total. The number of benzene rings is 1. The van der Waals surface area contributed by atoms with E-state index in [1.54, 1.807) is 0 Å². The van der Waals surface area contributed by atoms with Crippen molar-refractivity contribution in [1.29, 1.82) is 0 Å². The molecule has 6 fully saturated rings. The molecule has 272 valence electrons. The average Bonchev–Trinajstić information content (AvgIpc) is 3.19. The molecule has 0 nitrogen and oxygen atoms in total. The summed E-state index contributed by atoms with van der Waals surface area (Å²) in [5.74, 6) is -6.32. The Morgan fingerprint density at radius 3 is 0.833 bits per heavy atom. The minimum absolute atomic E-state index is 0.698. The van der Waals surface area contributed by atoms with Crippen LogP contribution in [-0.2, 0) is 0 Å². The summed E-state index contributed by atoms with van der Waals surface area (Å²) in [6.45, 7) is 0. The third-order valence-electron chi connectivity index (χ3n) is 16.0. The fraction of sp³-hybridized carbons (Fsp3) is 0.818. The molecule has 0 aromatic heterocycles. The van der Waals surface area contributed by atoms with Gasteiger partial charge in [-0.1, -0.05) is 0 Å². The van der Waals surface area contributed by atoms with Gasteiger partial charge in [-0.15, -0.1) is 0 Å². The van der Waals surface area contributed by atoms with Crippen LogP contribution in [0.25, 0.3) is 6.08 Å². The van der Waals surface area contributed by atoms with E-state index in [4.69, 9.17) is 0 Å². The Hall–Kier alpha value is 0.400. The third kappa shape index (κ3) is 6.18. The van der Waals surface area contributed by atoms with Gasteiger partial charge in [0.1, 0.15) is 0 Å². The summed E-state index contributed by atoms with van der Waals surface area (Å²) in [6.07, 6.45) is 45.0. The molecule has 0 radical (unpaired) electrons. The van der Waals surface area contributed by atoms with Gasteiger partial charge in [-0.2, -0.15) is 0 Å². The molecular weight excluding hydrogens is 661 g/mol. The maximum atomic E-state index is 9.89. The third-order valence-corrected chi connectivity index (χ3v) is 39.6. The molecule has 7 rings (SSSR count). The molecule has 1 aromatic carbocycles. The standard InChI is InChI=1S/C44H72Cl2P2/c45-47(38-24-10-2-11-25-38,39-26-12-3-13-27-39,40-28-14-4-15-29-40)44(36-37-22-8-1-9-23-37)48(46,41-30-16-5-17-31-41,42-32-18-6-19-33-42)43-34-20-7-21-35-43/h1,8-9,22-23,36,38-43H,2-7,10-21,24-35H2. The van der Waals surface area contributed by atoms with Crippen LogP contribution >= 0.6 is 34.4 Å². The molecule has 0 heterocycles.